The van der Waals surface area contributed by atoms with E-state index in [1.807, 2.05) is 68.5 Å². The Kier molecular flexibility index (Phi) is 7.11. The Morgan fingerprint density at radius 2 is 1.77 bits per heavy atom. The third kappa shape index (κ3) is 4.73. The number of ether oxygens (including phenoxy) is 3. The summed E-state index contributed by atoms with van der Waals surface area (Å²) in [5, 5.41) is 10.0. The molecular weight excluding hydrogens is 442 g/mol. The van der Waals surface area contributed by atoms with Crippen molar-refractivity contribution in [3.8, 4) is 17.6 Å². The van der Waals surface area contributed by atoms with Crippen LogP contribution in [0.3, 0.4) is 0 Å². The van der Waals surface area contributed by atoms with Gasteiger partial charge in [0.05, 0.1) is 19.1 Å². The number of hydrogen-bond donors (Lipinski definition) is 1. The van der Waals surface area contributed by atoms with Gasteiger partial charge < -0.3 is 24.8 Å². The number of nitrogens with zero attached hydrogens (tertiary/aromatic N) is 2. The predicted octanol–water partition coefficient (Wildman–Crippen LogP) is 4.49. The molecule has 7 heteroatoms. The Labute approximate surface area is 205 Å². The highest BCUT2D eigenvalue weighted by Crippen LogP contribution is 2.46. The van der Waals surface area contributed by atoms with Crippen LogP contribution in [0.25, 0.3) is 6.08 Å². The third-order valence-corrected chi connectivity index (χ3v) is 6.06. The van der Waals surface area contributed by atoms with Crippen LogP contribution in [0.5, 0.6) is 11.5 Å². The van der Waals surface area contributed by atoms with Crippen molar-refractivity contribution >= 4 is 12.0 Å². The molecule has 0 bridgehead atoms. The summed E-state index contributed by atoms with van der Waals surface area (Å²) in [5.74, 6) is 1.48. The molecule has 2 aliphatic rings. The van der Waals surface area contributed by atoms with Crippen molar-refractivity contribution in [1.82, 2.24) is 4.90 Å². The van der Waals surface area contributed by atoms with Gasteiger partial charge in [-0.15, -0.1) is 0 Å². The summed E-state index contributed by atoms with van der Waals surface area (Å²) in [6, 6.07) is 17.5. The van der Waals surface area contributed by atoms with Crippen LogP contribution in [0.2, 0.25) is 0 Å². The van der Waals surface area contributed by atoms with Crippen LogP contribution in [-0.2, 0) is 9.53 Å². The molecule has 4 rings (SSSR count). The highest BCUT2D eigenvalue weighted by atomic mass is 16.5. The molecule has 7 nitrogen and oxygen atoms in total. The fraction of sp³-hybridized carbons (Fsp3) is 0.286. The second-order valence-electron chi connectivity index (χ2n) is 8.27. The number of amides is 1. The SMILES string of the molecule is CCOc1ccccc1/C=C1\CN(C(C)=O)CC2=C1OC(N)=C(C#N)C2c1ccccc1OCC. The first-order valence-electron chi connectivity index (χ1n) is 11.7. The molecule has 0 aliphatic carbocycles. The van der Waals surface area contributed by atoms with Crippen LogP contribution >= 0.6 is 0 Å². The van der Waals surface area contributed by atoms with E-state index in [-0.39, 0.29) is 11.8 Å². The lowest BCUT2D eigenvalue weighted by molar-refractivity contribution is -0.128. The van der Waals surface area contributed by atoms with Crippen molar-refractivity contribution in [3.05, 3.63) is 88.0 Å². The number of carbonyl (C=O) groups is 1. The molecule has 35 heavy (non-hydrogen) atoms. The lowest BCUT2D eigenvalue weighted by Crippen LogP contribution is -2.40. The van der Waals surface area contributed by atoms with Gasteiger partial charge in [0.1, 0.15) is 28.9 Å². The fourth-order valence-corrected chi connectivity index (χ4v) is 4.53. The Bertz CT molecular complexity index is 1270. The molecule has 2 aromatic carbocycles. The van der Waals surface area contributed by atoms with Crippen LogP contribution in [0.4, 0.5) is 0 Å². The number of hydrogen-bond acceptors (Lipinski definition) is 6. The maximum absolute atomic E-state index is 12.6. The summed E-state index contributed by atoms with van der Waals surface area (Å²) in [7, 11) is 0. The molecule has 0 fully saturated rings. The van der Waals surface area contributed by atoms with Crippen LogP contribution in [0, 0.1) is 11.3 Å². The van der Waals surface area contributed by atoms with Gasteiger partial charge >= 0.3 is 0 Å². The molecular formula is C28H29N3O4. The highest BCUT2D eigenvalue weighted by molar-refractivity contribution is 5.77. The molecule has 0 saturated carbocycles. The van der Waals surface area contributed by atoms with E-state index in [0.717, 1.165) is 28.0 Å². The van der Waals surface area contributed by atoms with Gasteiger partial charge in [0, 0.05) is 42.3 Å². The van der Waals surface area contributed by atoms with E-state index in [0.29, 0.717) is 43.4 Å². The van der Waals surface area contributed by atoms with Gasteiger partial charge in [-0.25, -0.2) is 0 Å². The molecule has 2 aliphatic heterocycles. The van der Waals surface area contributed by atoms with Crippen molar-refractivity contribution in [2.75, 3.05) is 26.3 Å². The zero-order chi connectivity index (χ0) is 24.9. The van der Waals surface area contributed by atoms with Crippen molar-refractivity contribution in [2.45, 2.75) is 26.7 Å². The maximum atomic E-state index is 12.6. The topological polar surface area (TPSA) is 97.8 Å². The summed E-state index contributed by atoms with van der Waals surface area (Å²) in [6.07, 6.45) is 1.96. The van der Waals surface area contributed by atoms with E-state index in [9.17, 15) is 10.1 Å². The van der Waals surface area contributed by atoms with Gasteiger partial charge in [-0.05, 0) is 32.1 Å². The minimum atomic E-state index is -0.501. The first-order valence-corrected chi connectivity index (χ1v) is 11.7. The molecule has 1 unspecified atom stereocenters. The molecule has 2 aromatic rings. The van der Waals surface area contributed by atoms with Gasteiger partial charge in [-0.2, -0.15) is 5.26 Å². The summed E-state index contributed by atoms with van der Waals surface area (Å²) in [6.45, 7) is 7.06. The average Bonchev–Trinajstić information content (AvgIpc) is 2.85. The first kappa shape index (κ1) is 24.0. The quantitative estimate of drug-likeness (QED) is 0.667. The second kappa shape index (κ2) is 10.4. The zero-order valence-electron chi connectivity index (χ0n) is 20.2. The average molecular weight is 472 g/mol. The van der Waals surface area contributed by atoms with E-state index in [1.54, 1.807) is 11.8 Å². The van der Waals surface area contributed by atoms with Gasteiger partial charge in [-0.3, -0.25) is 4.79 Å². The number of nitriles is 1. The minimum absolute atomic E-state index is 0.0582. The lowest BCUT2D eigenvalue weighted by Gasteiger charge is -2.38. The van der Waals surface area contributed by atoms with E-state index in [2.05, 4.69) is 6.07 Å². The number of para-hydroxylation sites is 2. The van der Waals surface area contributed by atoms with Crippen molar-refractivity contribution in [2.24, 2.45) is 5.73 Å². The zero-order valence-corrected chi connectivity index (χ0v) is 20.2. The van der Waals surface area contributed by atoms with Crippen molar-refractivity contribution in [1.29, 1.82) is 5.26 Å². The van der Waals surface area contributed by atoms with Crippen LogP contribution < -0.4 is 15.2 Å². The standard InChI is InChI=1S/C28H29N3O4/c1-4-33-24-12-8-6-10-19(24)14-20-16-31(18(3)32)17-23-26(22(15-29)28(30)35-27(20)23)21-11-7-9-13-25(21)34-5-2/h6-14,26H,4-5,16-17,30H2,1-3H3/b20-14+. The molecule has 0 spiro atoms. The second-order valence-corrected chi connectivity index (χ2v) is 8.27. The Balaban J connectivity index is 1.93. The summed E-state index contributed by atoms with van der Waals surface area (Å²) in [4.78, 5) is 14.3. The molecule has 1 atom stereocenters. The van der Waals surface area contributed by atoms with Gasteiger partial charge in [0.15, 0.2) is 0 Å². The summed E-state index contributed by atoms with van der Waals surface area (Å²) < 4.78 is 17.8. The van der Waals surface area contributed by atoms with Crippen LogP contribution in [-0.4, -0.2) is 37.1 Å². The van der Waals surface area contributed by atoms with Gasteiger partial charge in [-0.1, -0.05) is 36.4 Å². The maximum Gasteiger partial charge on any atom is 0.220 e. The van der Waals surface area contributed by atoms with E-state index >= 15 is 0 Å². The first-order chi connectivity index (χ1) is 17.0. The Hall–Kier alpha value is -4.18. The normalized spacial score (nSPS) is 18.6. The van der Waals surface area contributed by atoms with Crippen molar-refractivity contribution in [3.63, 3.8) is 0 Å². The molecule has 0 radical (unpaired) electrons. The smallest absolute Gasteiger partial charge is 0.220 e. The molecule has 2 N–H and O–H groups in total. The summed E-state index contributed by atoms with van der Waals surface area (Å²) in [5.41, 5.74) is 9.86. The Morgan fingerprint density at radius 3 is 2.46 bits per heavy atom. The number of benzene rings is 2. The van der Waals surface area contributed by atoms with E-state index in [1.165, 1.54) is 0 Å². The monoisotopic (exact) mass is 471 g/mol. The van der Waals surface area contributed by atoms with Gasteiger partial charge in [0.25, 0.3) is 0 Å². The number of allylic oxidation sites excluding steroid dienone is 1. The lowest BCUT2D eigenvalue weighted by atomic mass is 9.79. The largest absolute Gasteiger partial charge is 0.494 e. The fourth-order valence-electron chi connectivity index (χ4n) is 4.53. The molecule has 2 heterocycles. The Morgan fingerprint density at radius 1 is 1.11 bits per heavy atom. The molecule has 0 aromatic heterocycles. The minimum Gasteiger partial charge on any atom is -0.494 e. The predicted molar refractivity (Wildman–Crippen MR) is 133 cm³/mol. The highest BCUT2D eigenvalue weighted by Gasteiger charge is 2.39. The molecule has 180 valence electrons. The third-order valence-electron chi connectivity index (χ3n) is 6.06. The number of rotatable bonds is 6. The van der Waals surface area contributed by atoms with Crippen LogP contribution in [0.15, 0.2) is 76.9 Å². The van der Waals surface area contributed by atoms with E-state index < -0.39 is 5.92 Å². The molecule has 0 saturated heterocycles. The van der Waals surface area contributed by atoms with Crippen molar-refractivity contribution < 1.29 is 19.0 Å². The number of nitrogens with two attached hydrogens (primary N) is 1. The van der Waals surface area contributed by atoms with Crippen LogP contribution in [0.1, 0.15) is 37.8 Å². The van der Waals surface area contributed by atoms with Gasteiger partial charge in [0.2, 0.25) is 11.8 Å². The summed E-state index contributed by atoms with van der Waals surface area (Å²) >= 11 is 0. The van der Waals surface area contributed by atoms with E-state index in [4.69, 9.17) is 19.9 Å². The number of carbonyl (C=O) groups excluding carboxylic acids is 1. The molecule has 1 amide bonds.